The van der Waals surface area contributed by atoms with Crippen LogP contribution in [0.5, 0.6) is 0 Å². The van der Waals surface area contributed by atoms with Crippen LogP contribution in [0.15, 0.2) is 36.7 Å². The van der Waals surface area contributed by atoms with Crippen molar-refractivity contribution in [1.82, 2.24) is 19.1 Å². The highest BCUT2D eigenvalue weighted by atomic mass is 32.1. The Morgan fingerprint density at radius 1 is 1.28 bits per heavy atom. The first-order valence-corrected chi connectivity index (χ1v) is 6.21. The van der Waals surface area contributed by atoms with E-state index in [0.717, 1.165) is 27.8 Å². The Morgan fingerprint density at radius 3 is 2.89 bits per heavy atom. The second-order valence-corrected chi connectivity index (χ2v) is 4.65. The Kier molecular flexibility index (Phi) is 2.56. The van der Waals surface area contributed by atoms with Crippen molar-refractivity contribution in [2.45, 2.75) is 6.92 Å². The molecule has 0 fully saturated rings. The number of nitrogens with two attached hydrogens (primary N) is 1. The topological polar surface area (TPSA) is 69.6 Å². The van der Waals surface area contributed by atoms with Gasteiger partial charge in [-0.05, 0) is 24.6 Å². The lowest BCUT2D eigenvalue weighted by Gasteiger charge is -1.98. The molecule has 3 rings (SSSR count). The highest BCUT2D eigenvalue weighted by Crippen LogP contribution is 2.22. The summed E-state index contributed by atoms with van der Waals surface area (Å²) in [6, 6.07) is 7.72. The molecule has 0 unspecified atom stereocenters. The van der Waals surface area contributed by atoms with Gasteiger partial charge in [-0.2, -0.15) is 9.47 Å². The first-order valence-electron chi connectivity index (χ1n) is 5.43. The molecule has 0 bridgehead atoms. The number of rotatable bonds is 2. The van der Waals surface area contributed by atoms with Crippen molar-refractivity contribution in [3.8, 4) is 16.3 Å². The van der Waals surface area contributed by atoms with Crippen LogP contribution in [-0.2, 0) is 0 Å². The van der Waals surface area contributed by atoms with E-state index in [1.54, 1.807) is 10.9 Å². The van der Waals surface area contributed by atoms with Crippen molar-refractivity contribution in [2.24, 2.45) is 0 Å². The molecule has 0 radical (unpaired) electrons. The second-order valence-electron chi connectivity index (χ2n) is 3.92. The third kappa shape index (κ3) is 1.98. The number of anilines is 1. The van der Waals surface area contributed by atoms with E-state index in [4.69, 9.17) is 5.73 Å². The molecular formula is C12H11N5S. The molecule has 2 N–H and O–H groups in total. The molecule has 0 amide bonds. The van der Waals surface area contributed by atoms with E-state index in [1.807, 2.05) is 37.4 Å². The van der Waals surface area contributed by atoms with E-state index in [1.165, 1.54) is 11.5 Å². The van der Waals surface area contributed by atoms with Crippen LogP contribution in [0.2, 0.25) is 0 Å². The minimum atomic E-state index is 0.743. The maximum Gasteiger partial charge on any atom is 0.230 e. The fourth-order valence-corrected chi connectivity index (χ4v) is 2.28. The summed E-state index contributed by atoms with van der Waals surface area (Å²) in [5.74, 6) is 0.760. The van der Waals surface area contributed by atoms with Crippen molar-refractivity contribution >= 4 is 17.2 Å². The summed E-state index contributed by atoms with van der Waals surface area (Å²) in [7, 11) is 0. The van der Waals surface area contributed by atoms with Crippen LogP contribution >= 0.6 is 11.5 Å². The highest BCUT2D eigenvalue weighted by molar-refractivity contribution is 7.08. The van der Waals surface area contributed by atoms with Gasteiger partial charge in [0.05, 0.1) is 6.20 Å². The third-order valence-electron chi connectivity index (χ3n) is 2.52. The molecule has 1 aromatic carbocycles. The number of nitrogen functional groups attached to an aromatic ring is 1. The van der Waals surface area contributed by atoms with Gasteiger partial charge >= 0.3 is 0 Å². The standard InChI is InChI=1S/C12H11N5S/c1-8-15-12(18-16-8)17-7-10(6-14-17)9-3-2-4-11(13)5-9/h2-7H,13H2,1H3. The van der Waals surface area contributed by atoms with Crippen molar-refractivity contribution in [3.63, 3.8) is 0 Å². The van der Waals surface area contributed by atoms with Crippen LogP contribution < -0.4 is 5.73 Å². The van der Waals surface area contributed by atoms with Gasteiger partial charge in [0.25, 0.3) is 0 Å². The molecule has 0 aliphatic carbocycles. The molecule has 0 saturated carbocycles. The summed E-state index contributed by atoms with van der Waals surface area (Å²) in [5.41, 5.74) is 8.57. The van der Waals surface area contributed by atoms with E-state index in [-0.39, 0.29) is 0 Å². The number of hydrogen-bond donors (Lipinski definition) is 1. The Labute approximate surface area is 108 Å². The van der Waals surface area contributed by atoms with Crippen LogP contribution in [0.4, 0.5) is 5.69 Å². The Hall–Kier alpha value is -2.21. The number of aromatic nitrogens is 4. The molecule has 0 aliphatic rings. The molecule has 2 aromatic heterocycles. The number of nitrogens with zero attached hydrogens (tertiary/aromatic N) is 4. The Balaban J connectivity index is 1.99. The van der Waals surface area contributed by atoms with Gasteiger partial charge in [0.15, 0.2) is 0 Å². The lowest BCUT2D eigenvalue weighted by atomic mass is 10.1. The van der Waals surface area contributed by atoms with Crippen LogP contribution in [0.3, 0.4) is 0 Å². The van der Waals surface area contributed by atoms with E-state index in [2.05, 4.69) is 14.5 Å². The van der Waals surface area contributed by atoms with Gasteiger partial charge in [-0.15, -0.1) is 0 Å². The fourth-order valence-electron chi connectivity index (χ4n) is 1.67. The van der Waals surface area contributed by atoms with Crippen LogP contribution in [0, 0.1) is 6.92 Å². The lowest BCUT2D eigenvalue weighted by Crippen LogP contribution is -1.92. The first kappa shape index (κ1) is 10.9. The van der Waals surface area contributed by atoms with E-state index in [0.29, 0.717) is 0 Å². The smallest absolute Gasteiger partial charge is 0.230 e. The molecule has 0 atom stereocenters. The van der Waals surface area contributed by atoms with Crippen LogP contribution in [0.1, 0.15) is 5.82 Å². The maximum absolute atomic E-state index is 5.77. The van der Waals surface area contributed by atoms with Gasteiger partial charge in [-0.25, -0.2) is 9.67 Å². The molecule has 3 aromatic rings. The molecule has 18 heavy (non-hydrogen) atoms. The molecule has 5 nitrogen and oxygen atoms in total. The zero-order valence-electron chi connectivity index (χ0n) is 9.74. The molecule has 0 spiro atoms. The molecular weight excluding hydrogens is 246 g/mol. The summed E-state index contributed by atoms with van der Waals surface area (Å²) in [6.07, 6.45) is 3.72. The predicted octanol–water partition coefficient (Wildman–Crippen LogP) is 2.28. The van der Waals surface area contributed by atoms with Crippen molar-refractivity contribution in [1.29, 1.82) is 0 Å². The summed E-state index contributed by atoms with van der Waals surface area (Å²) in [6.45, 7) is 1.86. The minimum Gasteiger partial charge on any atom is -0.399 e. The number of benzene rings is 1. The fraction of sp³-hybridized carbons (Fsp3) is 0.0833. The molecule has 0 saturated heterocycles. The Bertz CT molecular complexity index is 685. The van der Waals surface area contributed by atoms with Crippen molar-refractivity contribution in [2.75, 3.05) is 5.73 Å². The van der Waals surface area contributed by atoms with Gasteiger partial charge in [-0.1, -0.05) is 12.1 Å². The summed E-state index contributed by atoms with van der Waals surface area (Å²) in [5, 5.41) is 5.06. The van der Waals surface area contributed by atoms with Crippen LogP contribution in [0.25, 0.3) is 16.3 Å². The van der Waals surface area contributed by atoms with Gasteiger partial charge in [0, 0.05) is 29.0 Å². The minimum absolute atomic E-state index is 0.743. The summed E-state index contributed by atoms with van der Waals surface area (Å²) in [4.78, 5) is 4.29. The van der Waals surface area contributed by atoms with E-state index >= 15 is 0 Å². The zero-order valence-corrected chi connectivity index (χ0v) is 10.6. The van der Waals surface area contributed by atoms with Gasteiger partial charge in [0.1, 0.15) is 5.82 Å². The monoisotopic (exact) mass is 257 g/mol. The SMILES string of the molecule is Cc1nsc(-n2cc(-c3cccc(N)c3)cn2)n1. The van der Waals surface area contributed by atoms with Gasteiger partial charge in [0.2, 0.25) is 5.13 Å². The maximum atomic E-state index is 5.77. The molecule has 2 heterocycles. The highest BCUT2D eigenvalue weighted by Gasteiger charge is 2.07. The molecule has 90 valence electrons. The number of aryl methyl sites for hydroxylation is 1. The molecule has 0 aliphatic heterocycles. The number of hydrogen-bond acceptors (Lipinski definition) is 5. The predicted molar refractivity (Wildman–Crippen MR) is 71.6 cm³/mol. The van der Waals surface area contributed by atoms with Gasteiger partial charge < -0.3 is 5.73 Å². The average Bonchev–Trinajstić information content (AvgIpc) is 2.97. The Morgan fingerprint density at radius 2 is 2.17 bits per heavy atom. The lowest BCUT2D eigenvalue weighted by molar-refractivity contribution is 0.864. The first-order chi connectivity index (χ1) is 8.72. The van der Waals surface area contributed by atoms with E-state index in [9.17, 15) is 0 Å². The molecule has 6 heteroatoms. The quantitative estimate of drug-likeness (QED) is 0.715. The largest absolute Gasteiger partial charge is 0.399 e. The zero-order chi connectivity index (χ0) is 12.5. The third-order valence-corrected chi connectivity index (χ3v) is 3.31. The van der Waals surface area contributed by atoms with Crippen molar-refractivity contribution in [3.05, 3.63) is 42.5 Å². The van der Waals surface area contributed by atoms with Gasteiger partial charge in [-0.3, -0.25) is 0 Å². The van der Waals surface area contributed by atoms with Crippen molar-refractivity contribution < 1.29 is 0 Å². The summed E-state index contributed by atoms with van der Waals surface area (Å²) < 4.78 is 5.86. The second kappa shape index (κ2) is 4.23. The normalized spacial score (nSPS) is 10.7. The summed E-state index contributed by atoms with van der Waals surface area (Å²) >= 11 is 1.33. The average molecular weight is 257 g/mol. The van der Waals surface area contributed by atoms with E-state index < -0.39 is 0 Å². The van der Waals surface area contributed by atoms with Crippen LogP contribution in [-0.4, -0.2) is 19.1 Å².